The Morgan fingerprint density at radius 1 is 1.08 bits per heavy atom. The minimum Gasteiger partial charge on any atom is -0.383 e. The molecular weight excluding hydrogens is 314 g/mol. The van der Waals surface area contributed by atoms with Gasteiger partial charge in [-0.3, -0.25) is 0 Å². The molecule has 1 heterocycles. The molecule has 0 saturated carbocycles. The zero-order valence-corrected chi connectivity index (χ0v) is 15.9. The predicted molar refractivity (Wildman–Crippen MR) is 105 cm³/mol. The van der Waals surface area contributed by atoms with Gasteiger partial charge in [0.1, 0.15) is 5.82 Å². The molecule has 1 aromatic heterocycles. The molecule has 0 aliphatic rings. The molecule has 2 aromatic rings. The van der Waals surface area contributed by atoms with E-state index in [1.807, 2.05) is 13.0 Å². The van der Waals surface area contributed by atoms with Crippen molar-refractivity contribution in [3.05, 3.63) is 35.5 Å². The van der Waals surface area contributed by atoms with Crippen LogP contribution in [0, 0.1) is 13.8 Å². The zero-order valence-electron chi connectivity index (χ0n) is 15.9. The van der Waals surface area contributed by atoms with Crippen molar-refractivity contribution in [3.63, 3.8) is 0 Å². The van der Waals surface area contributed by atoms with E-state index in [2.05, 4.69) is 64.5 Å². The van der Waals surface area contributed by atoms with Crippen molar-refractivity contribution in [1.82, 2.24) is 9.97 Å². The molecule has 2 N–H and O–H groups in total. The molecular formula is C19H29N5O. The second-order valence-corrected chi connectivity index (χ2v) is 5.93. The number of hydrogen-bond acceptors (Lipinski definition) is 6. The molecule has 6 heteroatoms. The normalized spacial score (nSPS) is 10.6. The van der Waals surface area contributed by atoms with Crippen molar-refractivity contribution in [2.45, 2.75) is 27.7 Å². The summed E-state index contributed by atoms with van der Waals surface area (Å²) in [5.74, 6) is 1.39. The molecule has 0 aliphatic carbocycles. The fourth-order valence-electron chi connectivity index (χ4n) is 2.69. The second kappa shape index (κ2) is 9.22. The summed E-state index contributed by atoms with van der Waals surface area (Å²) in [6.07, 6.45) is 0. The van der Waals surface area contributed by atoms with Crippen LogP contribution >= 0.6 is 0 Å². The Morgan fingerprint density at radius 2 is 1.84 bits per heavy atom. The Kier molecular flexibility index (Phi) is 7.01. The molecule has 2 rings (SSSR count). The molecule has 0 amide bonds. The lowest BCUT2D eigenvalue weighted by atomic mass is 10.1. The highest BCUT2D eigenvalue weighted by Gasteiger charge is 2.07. The Morgan fingerprint density at radius 3 is 2.48 bits per heavy atom. The van der Waals surface area contributed by atoms with Crippen LogP contribution in [0.2, 0.25) is 0 Å². The molecule has 0 unspecified atom stereocenters. The minimum absolute atomic E-state index is 0.608. The molecule has 0 atom stereocenters. The Balaban J connectivity index is 2.16. The minimum atomic E-state index is 0.608. The monoisotopic (exact) mass is 343 g/mol. The third-order valence-corrected chi connectivity index (χ3v) is 4.04. The van der Waals surface area contributed by atoms with Crippen LogP contribution in [0.1, 0.15) is 25.1 Å². The van der Waals surface area contributed by atoms with E-state index in [1.54, 1.807) is 7.11 Å². The third-order valence-electron chi connectivity index (χ3n) is 4.04. The van der Waals surface area contributed by atoms with Crippen LogP contribution < -0.4 is 15.5 Å². The van der Waals surface area contributed by atoms with Gasteiger partial charge in [-0.1, -0.05) is 0 Å². The molecule has 0 spiro atoms. The second-order valence-electron chi connectivity index (χ2n) is 5.93. The molecule has 0 bridgehead atoms. The van der Waals surface area contributed by atoms with Gasteiger partial charge in [0.15, 0.2) is 0 Å². The van der Waals surface area contributed by atoms with E-state index < -0.39 is 0 Å². The molecule has 0 fully saturated rings. The third kappa shape index (κ3) is 5.32. The summed E-state index contributed by atoms with van der Waals surface area (Å²) in [6.45, 7) is 11.7. The van der Waals surface area contributed by atoms with Crippen molar-refractivity contribution in [1.29, 1.82) is 0 Å². The van der Waals surface area contributed by atoms with E-state index in [0.29, 0.717) is 19.1 Å². The first kappa shape index (κ1) is 19.0. The first-order chi connectivity index (χ1) is 12.1. The molecule has 0 aliphatic heterocycles. The predicted octanol–water partition coefficient (Wildman–Crippen LogP) is 3.74. The number of hydrogen-bond donors (Lipinski definition) is 2. The van der Waals surface area contributed by atoms with Crippen LogP contribution in [0.4, 0.5) is 23.1 Å². The SMILES string of the molecule is CCN(CC)c1ccc(Nc2cc(C)nc(NCCOC)n2)c(C)c1. The lowest BCUT2D eigenvalue weighted by Crippen LogP contribution is -2.21. The number of methoxy groups -OCH3 is 1. The van der Waals surface area contributed by atoms with Crippen molar-refractivity contribution in [2.24, 2.45) is 0 Å². The largest absolute Gasteiger partial charge is 0.383 e. The van der Waals surface area contributed by atoms with Crippen LogP contribution in [-0.4, -0.2) is 43.3 Å². The number of nitrogens with one attached hydrogen (secondary N) is 2. The van der Waals surface area contributed by atoms with E-state index in [-0.39, 0.29) is 0 Å². The van der Waals surface area contributed by atoms with Crippen molar-refractivity contribution >= 4 is 23.1 Å². The maximum atomic E-state index is 5.05. The van der Waals surface area contributed by atoms with Crippen molar-refractivity contribution in [3.8, 4) is 0 Å². The first-order valence-electron chi connectivity index (χ1n) is 8.78. The Bertz CT molecular complexity index is 686. The van der Waals surface area contributed by atoms with Crippen LogP contribution in [-0.2, 0) is 4.74 Å². The van der Waals surface area contributed by atoms with Crippen LogP contribution in [0.25, 0.3) is 0 Å². The molecule has 0 radical (unpaired) electrons. The number of rotatable bonds is 9. The zero-order chi connectivity index (χ0) is 18.2. The summed E-state index contributed by atoms with van der Waals surface area (Å²) in [7, 11) is 1.68. The summed E-state index contributed by atoms with van der Waals surface area (Å²) in [5.41, 5.74) is 4.40. The summed E-state index contributed by atoms with van der Waals surface area (Å²) >= 11 is 0. The highest BCUT2D eigenvalue weighted by molar-refractivity contribution is 5.65. The van der Waals surface area contributed by atoms with Gasteiger partial charge >= 0.3 is 0 Å². The fraction of sp³-hybridized carbons (Fsp3) is 0.474. The van der Waals surface area contributed by atoms with E-state index in [4.69, 9.17) is 4.74 Å². The molecule has 6 nitrogen and oxygen atoms in total. The lowest BCUT2D eigenvalue weighted by molar-refractivity contribution is 0.210. The maximum absolute atomic E-state index is 5.05. The first-order valence-corrected chi connectivity index (χ1v) is 8.78. The van der Waals surface area contributed by atoms with Gasteiger partial charge in [-0.2, -0.15) is 4.98 Å². The van der Waals surface area contributed by atoms with Gasteiger partial charge in [0, 0.05) is 49.9 Å². The van der Waals surface area contributed by atoms with Gasteiger partial charge in [0.2, 0.25) is 5.95 Å². The van der Waals surface area contributed by atoms with E-state index in [1.165, 1.54) is 11.3 Å². The topological polar surface area (TPSA) is 62.3 Å². The highest BCUT2D eigenvalue weighted by Crippen LogP contribution is 2.25. The number of nitrogens with zero attached hydrogens (tertiary/aromatic N) is 3. The summed E-state index contributed by atoms with van der Waals surface area (Å²) in [5, 5.41) is 6.58. The molecule has 136 valence electrons. The number of ether oxygens (including phenoxy) is 1. The number of benzene rings is 1. The molecule has 25 heavy (non-hydrogen) atoms. The fourth-order valence-corrected chi connectivity index (χ4v) is 2.69. The number of aromatic nitrogens is 2. The Labute approximate surface area is 150 Å². The smallest absolute Gasteiger partial charge is 0.224 e. The van der Waals surface area contributed by atoms with E-state index in [0.717, 1.165) is 30.3 Å². The van der Waals surface area contributed by atoms with E-state index in [9.17, 15) is 0 Å². The van der Waals surface area contributed by atoms with Gasteiger partial charge in [0.05, 0.1) is 6.61 Å². The average Bonchev–Trinajstić information content (AvgIpc) is 2.58. The van der Waals surface area contributed by atoms with Gasteiger partial charge in [-0.05, 0) is 51.5 Å². The van der Waals surface area contributed by atoms with Crippen LogP contribution in [0.5, 0.6) is 0 Å². The summed E-state index contributed by atoms with van der Waals surface area (Å²) < 4.78 is 5.05. The van der Waals surface area contributed by atoms with Gasteiger partial charge in [0.25, 0.3) is 0 Å². The van der Waals surface area contributed by atoms with Crippen molar-refractivity contribution < 1.29 is 4.74 Å². The van der Waals surface area contributed by atoms with Gasteiger partial charge in [-0.25, -0.2) is 4.98 Å². The average molecular weight is 343 g/mol. The van der Waals surface area contributed by atoms with E-state index >= 15 is 0 Å². The van der Waals surface area contributed by atoms with Crippen LogP contribution in [0.15, 0.2) is 24.3 Å². The highest BCUT2D eigenvalue weighted by atomic mass is 16.5. The van der Waals surface area contributed by atoms with Gasteiger partial charge < -0.3 is 20.3 Å². The standard InChI is InChI=1S/C19H29N5O/c1-6-24(7-2)16-8-9-17(14(3)12-16)22-18-13-15(4)21-19(23-18)20-10-11-25-5/h8-9,12-13H,6-7,10-11H2,1-5H3,(H2,20,21,22,23). The quantitative estimate of drug-likeness (QED) is 0.676. The number of anilines is 4. The summed E-state index contributed by atoms with van der Waals surface area (Å²) in [6, 6.07) is 8.41. The Hall–Kier alpha value is -2.34. The molecule has 1 aromatic carbocycles. The number of aryl methyl sites for hydroxylation is 2. The van der Waals surface area contributed by atoms with Gasteiger partial charge in [-0.15, -0.1) is 0 Å². The lowest BCUT2D eigenvalue weighted by Gasteiger charge is -2.22. The molecule has 0 saturated heterocycles. The van der Waals surface area contributed by atoms with Crippen LogP contribution in [0.3, 0.4) is 0 Å². The maximum Gasteiger partial charge on any atom is 0.224 e. The summed E-state index contributed by atoms with van der Waals surface area (Å²) in [4.78, 5) is 11.3. The van der Waals surface area contributed by atoms with Crippen molar-refractivity contribution in [2.75, 3.05) is 48.9 Å².